The number of nitriles is 1. The van der Waals surface area contributed by atoms with E-state index in [9.17, 15) is 32.0 Å². The Morgan fingerprint density at radius 3 is 2.51 bits per heavy atom. The molecule has 0 bridgehead atoms. The number of halogens is 6. The third kappa shape index (κ3) is 8.29. The van der Waals surface area contributed by atoms with E-state index < -0.39 is 40.6 Å². The normalized spacial score (nSPS) is 18.1. The van der Waals surface area contributed by atoms with Crippen LogP contribution in [0.25, 0.3) is 32.1 Å². The Bertz CT molecular complexity index is 2240. The molecule has 3 aliphatic heterocycles. The molecule has 3 fully saturated rings. The van der Waals surface area contributed by atoms with Crippen LogP contribution in [0.15, 0.2) is 24.4 Å². The van der Waals surface area contributed by atoms with Gasteiger partial charge < -0.3 is 20.7 Å². The second-order valence-electron chi connectivity index (χ2n) is 13.2. The number of rotatable bonds is 5. The summed E-state index contributed by atoms with van der Waals surface area (Å²) in [5.41, 5.74) is 2.59. The number of ether oxygens (including phenoxy) is 1. The van der Waals surface area contributed by atoms with Crippen molar-refractivity contribution in [3.8, 4) is 23.2 Å². The van der Waals surface area contributed by atoms with Crippen LogP contribution in [0.3, 0.4) is 0 Å². The van der Waals surface area contributed by atoms with Gasteiger partial charge in [0.25, 0.3) is 5.91 Å². The first kappa shape index (κ1) is 39.9. The molecular weight excluding hydrogens is 767 g/mol. The fourth-order valence-corrected chi connectivity index (χ4v) is 8.85. The molecule has 55 heavy (non-hydrogen) atoms. The number of carbonyl (C=O) groups excluding carboxylic acids is 1. The van der Waals surface area contributed by atoms with Crippen LogP contribution < -0.4 is 15.8 Å². The number of amides is 1. The van der Waals surface area contributed by atoms with E-state index in [2.05, 4.69) is 25.2 Å². The number of aromatic nitrogens is 3. The number of thiophene rings is 1. The summed E-state index contributed by atoms with van der Waals surface area (Å²) >= 11 is 2.18. The van der Waals surface area contributed by atoms with Crippen LogP contribution in [-0.2, 0) is 6.18 Å². The number of nitrogens with zero attached hydrogens (tertiary/aromatic N) is 6. The van der Waals surface area contributed by atoms with Gasteiger partial charge in [0, 0.05) is 48.6 Å². The van der Waals surface area contributed by atoms with E-state index in [0.29, 0.717) is 23.9 Å². The molecule has 3 aliphatic rings. The Labute approximate surface area is 320 Å². The Morgan fingerprint density at radius 2 is 1.89 bits per heavy atom. The number of thiazole rings is 1. The van der Waals surface area contributed by atoms with Gasteiger partial charge in [-0.25, -0.2) is 18.2 Å². The third-order valence-electron chi connectivity index (χ3n) is 9.63. The first-order valence-electron chi connectivity index (χ1n) is 17.7. The molecule has 6 heterocycles. The van der Waals surface area contributed by atoms with Gasteiger partial charge in [-0.05, 0) is 70.2 Å². The number of carbonyl (C=O) groups is 1. The summed E-state index contributed by atoms with van der Waals surface area (Å²) in [6, 6.07) is 4.75. The zero-order valence-corrected chi connectivity index (χ0v) is 31.8. The van der Waals surface area contributed by atoms with Crippen molar-refractivity contribution in [1.82, 2.24) is 24.8 Å². The van der Waals surface area contributed by atoms with E-state index in [1.165, 1.54) is 31.3 Å². The molecule has 10 nitrogen and oxygen atoms in total. The zero-order valence-electron chi connectivity index (χ0n) is 30.2. The summed E-state index contributed by atoms with van der Waals surface area (Å²) < 4.78 is 90.2. The molecule has 0 aliphatic carbocycles. The van der Waals surface area contributed by atoms with Crippen LogP contribution in [-0.4, -0.2) is 82.7 Å². The van der Waals surface area contributed by atoms with Crippen molar-refractivity contribution in [2.24, 2.45) is 0 Å². The number of nitrogens with one attached hydrogen (secondary N) is 1. The lowest BCUT2D eigenvalue weighted by Crippen LogP contribution is -2.26. The predicted octanol–water partition coefficient (Wildman–Crippen LogP) is 8.58. The minimum atomic E-state index is -5.00. The number of methoxy groups -OCH3 is 1. The number of alkyl halides is 4. The molecule has 2 aromatic carbocycles. The number of benzene rings is 2. The number of hydrogen-bond acceptors (Lipinski definition) is 11. The molecular formula is C37H38F6N8O2S2. The van der Waals surface area contributed by atoms with E-state index in [-0.39, 0.29) is 55.9 Å². The fraction of sp³-hybridized carbons (Fsp3) is 0.432. The maximum absolute atomic E-state index is 15.9. The van der Waals surface area contributed by atoms with E-state index >= 15 is 4.39 Å². The molecule has 292 valence electrons. The lowest BCUT2D eigenvalue weighted by Gasteiger charge is -2.18. The smallest absolute Gasteiger partial charge is 0.417 e. The average Bonchev–Trinajstić information content (AvgIpc) is 3.99. The van der Waals surface area contributed by atoms with Gasteiger partial charge in [0.1, 0.15) is 39.3 Å². The zero-order chi connectivity index (χ0) is 39.6. The third-order valence-corrected chi connectivity index (χ3v) is 11.6. The van der Waals surface area contributed by atoms with Crippen LogP contribution in [0, 0.1) is 29.9 Å². The molecule has 2 unspecified atom stereocenters. The average molecular weight is 805 g/mol. The first-order chi connectivity index (χ1) is 26.2. The molecule has 1 amide bonds. The van der Waals surface area contributed by atoms with E-state index in [1.54, 1.807) is 19.2 Å². The standard InChI is InChI=1S/C21H14F5N5OS.C9H12N2OS.C7H12FN/c1-3-29-19-9-6-11(21(24,25)26)14(15(23)16(9)30-20(31-19)32-2)8-4-5-12(22)17-13(8)10(7-27)18(28)33-17;1-7-10-6-8(13-7)9(12)11-4-2-3-5-11;8-6-4-7-2-1-3-9(7)5-6/h4-6H,3,28H2,1-2H3,(H,29,30,31);6H,2-5H2,1H3;6-7H,1-5H2. The molecule has 0 saturated carbocycles. The molecule has 3 N–H and O–H groups in total. The van der Waals surface area contributed by atoms with Gasteiger partial charge in [-0.15, -0.1) is 22.7 Å². The summed E-state index contributed by atoms with van der Waals surface area (Å²) in [5, 5.41) is 12.7. The molecule has 0 radical (unpaired) electrons. The van der Waals surface area contributed by atoms with Gasteiger partial charge in [0.15, 0.2) is 5.82 Å². The van der Waals surface area contributed by atoms with Gasteiger partial charge in [-0.1, -0.05) is 6.07 Å². The summed E-state index contributed by atoms with van der Waals surface area (Å²) in [6.45, 7) is 7.58. The lowest BCUT2D eigenvalue weighted by molar-refractivity contribution is -0.137. The van der Waals surface area contributed by atoms with E-state index in [4.69, 9.17) is 10.5 Å². The molecule has 0 spiro atoms. The van der Waals surface area contributed by atoms with E-state index in [0.717, 1.165) is 67.0 Å². The number of aryl methyl sites for hydroxylation is 1. The van der Waals surface area contributed by atoms with Crippen molar-refractivity contribution in [2.75, 3.05) is 50.9 Å². The van der Waals surface area contributed by atoms with Crippen LogP contribution in [0.1, 0.15) is 64.8 Å². The Kier molecular flexibility index (Phi) is 12.0. The highest BCUT2D eigenvalue weighted by Gasteiger charge is 2.38. The van der Waals surface area contributed by atoms with Crippen LogP contribution >= 0.6 is 22.7 Å². The van der Waals surface area contributed by atoms with Crippen molar-refractivity contribution >= 4 is 60.4 Å². The first-order valence-corrected chi connectivity index (χ1v) is 19.3. The van der Waals surface area contributed by atoms with Gasteiger partial charge in [0.05, 0.1) is 34.1 Å². The van der Waals surface area contributed by atoms with E-state index in [1.807, 2.05) is 11.8 Å². The summed E-state index contributed by atoms with van der Waals surface area (Å²) in [7, 11) is 1.23. The number of likely N-dealkylation sites (tertiary alicyclic amines) is 1. The number of nitrogens with two attached hydrogens (primary N) is 1. The van der Waals surface area contributed by atoms with Gasteiger partial charge in [0.2, 0.25) is 0 Å². The minimum absolute atomic E-state index is 0.0444. The SMILES string of the molecule is CCNc1nc(OC)nc2c(F)c(-c3ccc(F)c4sc(N)c(C#N)c34)c(C(F)(F)F)cc12.Cc1ncc(C(=O)N2CCCC2)s1.FC1CC2CCCN2C1. The topological polar surface area (TPSA) is 133 Å². The number of nitrogen functional groups attached to an aromatic ring is 1. The lowest BCUT2D eigenvalue weighted by atomic mass is 9.92. The minimum Gasteiger partial charge on any atom is -0.467 e. The van der Waals surface area contributed by atoms with Crippen LogP contribution in [0.2, 0.25) is 0 Å². The molecule has 3 aromatic heterocycles. The highest BCUT2D eigenvalue weighted by Crippen LogP contribution is 2.47. The second-order valence-corrected chi connectivity index (χ2v) is 15.5. The molecule has 5 aromatic rings. The summed E-state index contributed by atoms with van der Waals surface area (Å²) in [4.78, 5) is 28.7. The second kappa shape index (κ2) is 16.6. The molecule has 18 heteroatoms. The molecule has 3 saturated heterocycles. The number of fused-ring (bicyclic) bond motifs is 3. The fourth-order valence-electron chi connectivity index (χ4n) is 7.16. The Balaban J connectivity index is 0.000000187. The van der Waals surface area contributed by atoms with Crippen molar-refractivity contribution in [3.63, 3.8) is 0 Å². The summed E-state index contributed by atoms with van der Waals surface area (Å²) in [5.74, 6) is -2.00. The largest absolute Gasteiger partial charge is 0.467 e. The maximum Gasteiger partial charge on any atom is 0.417 e. The van der Waals surface area contributed by atoms with Crippen LogP contribution in [0.5, 0.6) is 6.01 Å². The van der Waals surface area contributed by atoms with Gasteiger partial charge in [-0.3, -0.25) is 9.69 Å². The highest BCUT2D eigenvalue weighted by molar-refractivity contribution is 7.23. The Hall–Kier alpha value is -4.73. The Morgan fingerprint density at radius 1 is 1.15 bits per heavy atom. The molecule has 2 atom stereocenters. The van der Waals surface area contributed by atoms with Crippen molar-refractivity contribution in [1.29, 1.82) is 5.26 Å². The quantitative estimate of drug-likeness (QED) is 0.168. The predicted molar refractivity (Wildman–Crippen MR) is 201 cm³/mol. The van der Waals surface area contributed by atoms with Crippen molar-refractivity contribution in [3.05, 3.63) is 57.0 Å². The van der Waals surface area contributed by atoms with Crippen molar-refractivity contribution < 1.29 is 35.9 Å². The number of hydrogen-bond donors (Lipinski definition) is 2. The molecule has 8 rings (SSSR count). The van der Waals surface area contributed by atoms with Crippen molar-refractivity contribution in [2.45, 2.75) is 64.3 Å². The van der Waals surface area contributed by atoms with Crippen LogP contribution in [0.4, 0.5) is 37.2 Å². The number of anilines is 2. The highest BCUT2D eigenvalue weighted by atomic mass is 32.1. The maximum atomic E-state index is 15.9. The van der Waals surface area contributed by atoms with Gasteiger partial charge in [-0.2, -0.15) is 28.4 Å². The monoisotopic (exact) mass is 804 g/mol. The van der Waals surface area contributed by atoms with Gasteiger partial charge >= 0.3 is 12.2 Å². The summed E-state index contributed by atoms with van der Waals surface area (Å²) in [6.07, 6.45) is 1.78.